The van der Waals surface area contributed by atoms with Gasteiger partial charge in [-0.15, -0.1) is 0 Å². The fourth-order valence-corrected chi connectivity index (χ4v) is 4.23. The van der Waals surface area contributed by atoms with Gasteiger partial charge in [-0.25, -0.2) is 14.2 Å². The summed E-state index contributed by atoms with van der Waals surface area (Å²) in [6.07, 6.45) is 1.58. The lowest BCUT2D eigenvalue weighted by Gasteiger charge is -2.38. The van der Waals surface area contributed by atoms with Crippen LogP contribution in [0.5, 0.6) is 0 Å². The molecule has 1 aliphatic rings. The molecule has 1 fully saturated rings. The van der Waals surface area contributed by atoms with Crippen molar-refractivity contribution < 1.29 is 13.9 Å². The van der Waals surface area contributed by atoms with Crippen LogP contribution in [-0.4, -0.2) is 52.3 Å². The smallest absolute Gasteiger partial charge is 0.410 e. The first kappa shape index (κ1) is 22.1. The zero-order valence-electron chi connectivity index (χ0n) is 19.2. The number of amides is 1. The number of nitrogens with zero attached hydrogens (tertiary/aromatic N) is 4. The third-order valence-electron chi connectivity index (χ3n) is 5.78. The Morgan fingerprint density at radius 2 is 2.00 bits per heavy atom. The van der Waals surface area contributed by atoms with Crippen molar-refractivity contribution in [3.8, 4) is 0 Å². The molecule has 1 atom stereocenters. The molecule has 7 heteroatoms. The fraction of sp³-hybridized carbons (Fsp3) is 0.440. The zero-order chi connectivity index (χ0) is 22.9. The van der Waals surface area contributed by atoms with Crippen LogP contribution in [0.2, 0.25) is 0 Å². The standard InChI is InChI=1S/C25H31FN4O2/c1-25(2,3)32-24(31)29-14-8-11-20(17-29)28(4)23-27-21-12-5-6-13-22(21)30(23)16-18-9-7-10-19(26)15-18/h5-7,9-10,12-13,15,20H,8,11,14,16-17H2,1-4H3/t20-/m0/s1. The summed E-state index contributed by atoms with van der Waals surface area (Å²) in [4.78, 5) is 21.5. The van der Waals surface area contributed by atoms with Gasteiger partial charge in [0.05, 0.1) is 17.6 Å². The summed E-state index contributed by atoms with van der Waals surface area (Å²) < 4.78 is 21.5. The number of hydrogen-bond donors (Lipinski definition) is 0. The normalized spacial score (nSPS) is 16.9. The molecule has 2 aromatic carbocycles. The van der Waals surface area contributed by atoms with Gasteiger partial charge in [0.2, 0.25) is 5.95 Å². The van der Waals surface area contributed by atoms with Gasteiger partial charge in [-0.1, -0.05) is 24.3 Å². The van der Waals surface area contributed by atoms with Crippen molar-refractivity contribution in [1.82, 2.24) is 14.5 Å². The number of para-hydroxylation sites is 2. The fourth-order valence-electron chi connectivity index (χ4n) is 4.23. The van der Waals surface area contributed by atoms with Gasteiger partial charge < -0.3 is 19.1 Å². The maximum absolute atomic E-state index is 13.8. The number of anilines is 1. The molecule has 0 radical (unpaired) electrons. The Kier molecular flexibility index (Phi) is 6.09. The molecule has 1 amide bonds. The number of piperidine rings is 1. The summed E-state index contributed by atoms with van der Waals surface area (Å²) in [5.74, 6) is 0.564. The quantitative estimate of drug-likeness (QED) is 0.571. The van der Waals surface area contributed by atoms with Crippen LogP contribution in [0.3, 0.4) is 0 Å². The minimum absolute atomic E-state index is 0.111. The van der Waals surface area contributed by atoms with Gasteiger partial charge in [0.25, 0.3) is 0 Å². The molecule has 1 aliphatic heterocycles. The van der Waals surface area contributed by atoms with Crippen molar-refractivity contribution in [2.24, 2.45) is 0 Å². The molecule has 1 aromatic heterocycles. The number of carbonyl (C=O) groups is 1. The number of likely N-dealkylation sites (tertiary alicyclic amines) is 1. The average molecular weight is 439 g/mol. The largest absolute Gasteiger partial charge is 0.444 e. The zero-order valence-corrected chi connectivity index (χ0v) is 19.2. The lowest BCUT2D eigenvalue weighted by Crippen LogP contribution is -2.50. The summed E-state index contributed by atoms with van der Waals surface area (Å²) >= 11 is 0. The molecular weight excluding hydrogens is 407 g/mol. The third kappa shape index (κ3) is 4.87. The lowest BCUT2D eigenvalue weighted by atomic mass is 10.1. The van der Waals surface area contributed by atoms with E-state index in [2.05, 4.69) is 9.47 Å². The van der Waals surface area contributed by atoms with E-state index in [0.29, 0.717) is 19.6 Å². The van der Waals surface area contributed by atoms with Gasteiger partial charge in [-0.3, -0.25) is 0 Å². The molecule has 0 bridgehead atoms. The maximum Gasteiger partial charge on any atom is 0.410 e. The van der Waals surface area contributed by atoms with Crippen molar-refractivity contribution in [2.75, 3.05) is 25.0 Å². The summed E-state index contributed by atoms with van der Waals surface area (Å²) in [6, 6.07) is 14.8. The van der Waals surface area contributed by atoms with E-state index in [0.717, 1.165) is 35.4 Å². The first-order valence-electron chi connectivity index (χ1n) is 11.1. The van der Waals surface area contributed by atoms with Crippen molar-refractivity contribution >= 4 is 23.1 Å². The summed E-state index contributed by atoms with van der Waals surface area (Å²) in [5.41, 5.74) is 2.25. The SMILES string of the molecule is CN(c1nc2ccccc2n1Cc1cccc(F)c1)[C@H]1CCCN(C(=O)OC(C)(C)C)C1. The number of benzene rings is 2. The number of halogens is 1. The molecule has 0 N–H and O–H groups in total. The van der Waals surface area contributed by atoms with Crippen molar-refractivity contribution in [2.45, 2.75) is 51.8 Å². The molecule has 6 nitrogen and oxygen atoms in total. The highest BCUT2D eigenvalue weighted by molar-refractivity contribution is 5.79. The first-order chi connectivity index (χ1) is 15.2. The average Bonchev–Trinajstić information content (AvgIpc) is 3.10. The molecule has 0 aliphatic carbocycles. The van der Waals surface area contributed by atoms with E-state index in [1.807, 2.05) is 58.2 Å². The van der Waals surface area contributed by atoms with Crippen LogP contribution in [0.25, 0.3) is 11.0 Å². The van der Waals surface area contributed by atoms with Gasteiger partial charge in [-0.2, -0.15) is 0 Å². The molecule has 2 heterocycles. The number of carbonyl (C=O) groups excluding carboxylic acids is 1. The first-order valence-corrected chi connectivity index (χ1v) is 11.1. The number of aromatic nitrogens is 2. The van der Waals surface area contributed by atoms with Gasteiger partial charge in [0.1, 0.15) is 11.4 Å². The monoisotopic (exact) mass is 438 g/mol. The molecule has 0 unspecified atom stereocenters. The maximum atomic E-state index is 13.8. The molecule has 1 saturated heterocycles. The highest BCUT2D eigenvalue weighted by Gasteiger charge is 2.31. The topological polar surface area (TPSA) is 50.6 Å². The number of likely N-dealkylation sites (N-methyl/N-ethyl adjacent to an activating group) is 1. The molecule has 32 heavy (non-hydrogen) atoms. The van der Waals surface area contributed by atoms with Crippen LogP contribution in [-0.2, 0) is 11.3 Å². The number of imidazole rings is 1. The Morgan fingerprint density at radius 3 is 2.75 bits per heavy atom. The van der Waals surface area contributed by atoms with Crippen molar-refractivity contribution in [3.63, 3.8) is 0 Å². The molecule has 0 spiro atoms. The van der Waals surface area contributed by atoms with Crippen LogP contribution in [0.4, 0.5) is 15.1 Å². The molecule has 3 aromatic rings. The van der Waals surface area contributed by atoms with Gasteiger partial charge in [-0.05, 0) is 63.4 Å². The second-order valence-corrected chi connectivity index (χ2v) is 9.45. The molecule has 170 valence electrons. The summed E-state index contributed by atoms with van der Waals surface area (Å²) in [6.45, 7) is 7.43. The van der Waals surface area contributed by atoms with Crippen LogP contribution in [0.1, 0.15) is 39.2 Å². The van der Waals surface area contributed by atoms with Crippen molar-refractivity contribution in [1.29, 1.82) is 0 Å². The Hall–Kier alpha value is -3.09. The van der Waals surface area contributed by atoms with E-state index < -0.39 is 5.60 Å². The number of hydrogen-bond acceptors (Lipinski definition) is 4. The number of fused-ring (bicyclic) bond motifs is 1. The van der Waals surface area contributed by atoms with Gasteiger partial charge in [0, 0.05) is 26.2 Å². The van der Waals surface area contributed by atoms with E-state index >= 15 is 0 Å². The van der Waals surface area contributed by atoms with Crippen LogP contribution in [0.15, 0.2) is 48.5 Å². The molecule has 0 saturated carbocycles. The van der Waals surface area contributed by atoms with E-state index in [-0.39, 0.29) is 18.0 Å². The van der Waals surface area contributed by atoms with Crippen LogP contribution >= 0.6 is 0 Å². The van der Waals surface area contributed by atoms with E-state index in [1.54, 1.807) is 17.0 Å². The predicted molar refractivity (Wildman–Crippen MR) is 124 cm³/mol. The second kappa shape index (κ2) is 8.81. The lowest BCUT2D eigenvalue weighted by molar-refractivity contribution is 0.0199. The number of rotatable bonds is 4. The van der Waals surface area contributed by atoms with Crippen LogP contribution in [0, 0.1) is 5.82 Å². The van der Waals surface area contributed by atoms with Crippen LogP contribution < -0.4 is 4.90 Å². The Bertz CT molecular complexity index is 1100. The van der Waals surface area contributed by atoms with E-state index in [1.165, 1.54) is 6.07 Å². The van der Waals surface area contributed by atoms with E-state index in [4.69, 9.17) is 9.72 Å². The highest BCUT2D eigenvalue weighted by Crippen LogP contribution is 2.27. The molecular formula is C25H31FN4O2. The Morgan fingerprint density at radius 1 is 1.22 bits per heavy atom. The summed E-state index contributed by atoms with van der Waals surface area (Å²) in [5, 5.41) is 0. The summed E-state index contributed by atoms with van der Waals surface area (Å²) in [7, 11) is 2.02. The van der Waals surface area contributed by atoms with E-state index in [9.17, 15) is 9.18 Å². The number of ether oxygens (including phenoxy) is 1. The highest BCUT2D eigenvalue weighted by atomic mass is 19.1. The predicted octanol–water partition coefficient (Wildman–Crippen LogP) is 5.06. The minimum Gasteiger partial charge on any atom is -0.444 e. The van der Waals surface area contributed by atoms with Gasteiger partial charge in [0.15, 0.2) is 0 Å². The second-order valence-electron chi connectivity index (χ2n) is 9.45. The minimum atomic E-state index is -0.519. The Labute approximate surface area is 188 Å². The van der Waals surface area contributed by atoms with Crippen molar-refractivity contribution in [3.05, 3.63) is 59.9 Å². The molecule has 4 rings (SSSR count). The Balaban J connectivity index is 1.61. The van der Waals surface area contributed by atoms with Gasteiger partial charge >= 0.3 is 6.09 Å². The third-order valence-corrected chi connectivity index (χ3v) is 5.78.